The Labute approximate surface area is 183 Å². The molecule has 3 nitrogen and oxygen atoms in total. The minimum atomic E-state index is -0.597. The molecule has 0 unspecified atom stereocenters. The van der Waals surface area contributed by atoms with Crippen LogP contribution in [0.4, 0.5) is 0 Å². The highest BCUT2D eigenvalue weighted by molar-refractivity contribution is 5.29. The lowest BCUT2D eigenvalue weighted by Crippen LogP contribution is -2.39. The van der Waals surface area contributed by atoms with Crippen LogP contribution in [0.1, 0.15) is 72.1 Å². The fourth-order valence-corrected chi connectivity index (χ4v) is 7.37. The van der Waals surface area contributed by atoms with Gasteiger partial charge in [0.15, 0.2) is 0 Å². The number of nitrogens with zero attached hydrogens (tertiary/aromatic N) is 1. The number of allylic oxidation sites excluding steroid dienone is 3. The molecule has 0 bridgehead atoms. The predicted octanol–water partition coefficient (Wildman–Crippen LogP) is 5.11. The first-order valence-corrected chi connectivity index (χ1v) is 12.4. The first kappa shape index (κ1) is 22.3. The van der Waals surface area contributed by atoms with Gasteiger partial charge in [-0.05, 0) is 92.6 Å². The second-order valence-corrected chi connectivity index (χ2v) is 11.3. The Morgan fingerprint density at radius 1 is 1.17 bits per heavy atom. The van der Waals surface area contributed by atoms with E-state index < -0.39 is 12.2 Å². The molecule has 4 fully saturated rings. The van der Waals surface area contributed by atoms with Crippen LogP contribution in [0, 0.1) is 29.1 Å². The standard InChI is InChI=1S/C27H43NO2/c1-18-11-13-28(16-18)17-19(2)23-9-10-24-22(6-5-12-27(23,24)4)8-7-21-14-25(29)20(3)26(30)15-21/h7-8,18-19,23-26,29-30H,3,5-6,9-17H2,1-2,4H3/b22-8+/t18-,19-,23-,24+,25-,26-,27-/m1/s1. The maximum Gasteiger partial charge on any atom is 0.0809 e. The lowest BCUT2D eigenvalue weighted by atomic mass is 9.61. The summed E-state index contributed by atoms with van der Waals surface area (Å²) in [6, 6.07) is 0. The summed E-state index contributed by atoms with van der Waals surface area (Å²) in [4.78, 5) is 2.71. The van der Waals surface area contributed by atoms with Gasteiger partial charge in [0.25, 0.3) is 0 Å². The highest BCUT2D eigenvalue weighted by Crippen LogP contribution is 2.59. The summed E-state index contributed by atoms with van der Waals surface area (Å²) in [5, 5.41) is 20.3. The molecule has 4 rings (SSSR count). The first-order valence-electron chi connectivity index (χ1n) is 12.4. The van der Waals surface area contributed by atoms with Gasteiger partial charge in [0.05, 0.1) is 12.2 Å². The van der Waals surface area contributed by atoms with Crippen molar-refractivity contribution in [2.24, 2.45) is 29.1 Å². The van der Waals surface area contributed by atoms with Crippen LogP contribution in [0.3, 0.4) is 0 Å². The number of fused-ring (bicyclic) bond motifs is 1. The van der Waals surface area contributed by atoms with Crippen LogP contribution in [-0.2, 0) is 0 Å². The van der Waals surface area contributed by atoms with Crippen LogP contribution in [0.5, 0.6) is 0 Å². The van der Waals surface area contributed by atoms with E-state index in [9.17, 15) is 10.2 Å². The lowest BCUT2D eigenvalue weighted by molar-refractivity contribution is 0.0818. The summed E-state index contributed by atoms with van der Waals surface area (Å²) in [6.45, 7) is 15.2. The predicted molar refractivity (Wildman–Crippen MR) is 124 cm³/mol. The van der Waals surface area contributed by atoms with Gasteiger partial charge in [-0.3, -0.25) is 0 Å². The fourth-order valence-electron chi connectivity index (χ4n) is 7.37. The monoisotopic (exact) mass is 413 g/mol. The first-order chi connectivity index (χ1) is 14.3. The van der Waals surface area contributed by atoms with Gasteiger partial charge in [-0.25, -0.2) is 0 Å². The van der Waals surface area contributed by atoms with Crippen molar-refractivity contribution >= 4 is 0 Å². The molecule has 3 heteroatoms. The van der Waals surface area contributed by atoms with Gasteiger partial charge in [0.1, 0.15) is 0 Å². The molecule has 0 aromatic heterocycles. The molecule has 1 saturated heterocycles. The molecule has 1 heterocycles. The van der Waals surface area contributed by atoms with E-state index in [1.165, 1.54) is 58.2 Å². The zero-order valence-corrected chi connectivity index (χ0v) is 19.4. The summed E-state index contributed by atoms with van der Waals surface area (Å²) in [7, 11) is 0. The normalized spacial score (nSPS) is 42.6. The van der Waals surface area contributed by atoms with Crippen molar-refractivity contribution in [2.75, 3.05) is 19.6 Å². The van der Waals surface area contributed by atoms with Gasteiger partial charge in [0.2, 0.25) is 0 Å². The van der Waals surface area contributed by atoms with Crippen LogP contribution < -0.4 is 0 Å². The van der Waals surface area contributed by atoms with Crippen molar-refractivity contribution in [3.8, 4) is 0 Å². The summed E-state index contributed by atoms with van der Waals surface area (Å²) in [5.41, 5.74) is 3.79. The van der Waals surface area contributed by atoms with Gasteiger partial charge in [-0.15, -0.1) is 0 Å². The SMILES string of the molecule is C=C1[C@H](O)CC(=C/C=C2\CCC[C@]3(C)[C@@H]([C@H](C)CN4CC[C@@H](C)C4)CC[C@@H]23)C[C@H]1O. The van der Waals surface area contributed by atoms with Crippen LogP contribution in [-0.4, -0.2) is 47.0 Å². The lowest BCUT2D eigenvalue weighted by Gasteiger charge is -2.45. The van der Waals surface area contributed by atoms with Crippen molar-refractivity contribution in [1.82, 2.24) is 4.90 Å². The summed E-state index contributed by atoms with van der Waals surface area (Å²) < 4.78 is 0. The van der Waals surface area contributed by atoms with Gasteiger partial charge in [0, 0.05) is 13.1 Å². The number of aliphatic hydroxyl groups excluding tert-OH is 2. The van der Waals surface area contributed by atoms with E-state index in [1.807, 2.05) is 0 Å². The maximum atomic E-state index is 10.2. The zero-order valence-electron chi connectivity index (χ0n) is 19.4. The van der Waals surface area contributed by atoms with Crippen LogP contribution >= 0.6 is 0 Å². The molecule has 4 aliphatic rings. The minimum Gasteiger partial charge on any atom is -0.388 e. The Kier molecular flexibility index (Phi) is 6.63. The molecule has 0 aromatic rings. The van der Waals surface area contributed by atoms with Crippen molar-refractivity contribution in [3.63, 3.8) is 0 Å². The molecule has 0 aromatic carbocycles. The fraction of sp³-hybridized carbons (Fsp3) is 0.778. The third-order valence-corrected chi connectivity index (χ3v) is 9.08. The molecular formula is C27H43NO2. The summed E-state index contributed by atoms with van der Waals surface area (Å²) in [6.07, 6.45) is 12.6. The van der Waals surface area contributed by atoms with Gasteiger partial charge in [-0.1, -0.05) is 50.6 Å². The maximum absolute atomic E-state index is 10.2. The molecule has 2 N–H and O–H groups in total. The van der Waals surface area contributed by atoms with E-state index in [2.05, 4.69) is 44.4 Å². The number of rotatable bonds is 4. The quantitative estimate of drug-likeness (QED) is 0.630. The molecule has 7 atom stereocenters. The van der Waals surface area contributed by atoms with E-state index >= 15 is 0 Å². The van der Waals surface area contributed by atoms with E-state index in [0.717, 1.165) is 23.3 Å². The summed E-state index contributed by atoms with van der Waals surface area (Å²) >= 11 is 0. The van der Waals surface area contributed by atoms with Crippen molar-refractivity contribution < 1.29 is 10.2 Å². The summed E-state index contributed by atoms with van der Waals surface area (Å²) in [5.74, 6) is 3.19. The zero-order chi connectivity index (χ0) is 21.5. The Morgan fingerprint density at radius 2 is 1.90 bits per heavy atom. The molecule has 0 spiro atoms. The van der Waals surface area contributed by atoms with Crippen molar-refractivity contribution in [3.05, 3.63) is 35.5 Å². The van der Waals surface area contributed by atoms with Crippen molar-refractivity contribution in [1.29, 1.82) is 0 Å². The number of aliphatic hydroxyl groups is 2. The molecule has 1 aliphatic heterocycles. The highest BCUT2D eigenvalue weighted by Gasteiger charge is 2.50. The molecule has 168 valence electrons. The van der Waals surface area contributed by atoms with Crippen LogP contribution in [0.15, 0.2) is 35.5 Å². The van der Waals surface area contributed by atoms with E-state index in [4.69, 9.17) is 0 Å². The average molecular weight is 414 g/mol. The second-order valence-electron chi connectivity index (χ2n) is 11.3. The van der Waals surface area contributed by atoms with Gasteiger partial charge >= 0.3 is 0 Å². The van der Waals surface area contributed by atoms with E-state index in [-0.39, 0.29) is 0 Å². The average Bonchev–Trinajstić information content (AvgIpc) is 3.26. The molecule has 3 aliphatic carbocycles. The highest BCUT2D eigenvalue weighted by atomic mass is 16.3. The largest absolute Gasteiger partial charge is 0.388 e. The number of hydrogen-bond acceptors (Lipinski definition) is 3. The van der Waals surface area contributed by atoms with Crippen LogP contribution in [0.2, 0.25) is 0 Å². The third-order valence-electron chi connectivity index (χ3n) is 9.08. The molecule has 0 amide bonds. The Morgan fingerprint density at radius 3 is 2.57 bits per heavy atom. The Bertz CT molecular complexity index is 694. The Balaban J connectivity index is 1.45. The second kappa shape index (κ2) is 8.92. The van der Waals surface area contributed by atoms with E-state index in [0.29, 0.717) is 29.7 Å². The molecule has 0 radical (unpaired) electrons. The van der Waals surface area contributed by atoms with Crippen molar-refractivity contribution in [2.45, 2.75) is 84.3 Å². The molecule has 3 saturated carbocycles. The number of likely N-dealkylation sites (tertiary alicyclic amines) is 1. The smallest absolute Gasteiger partial charge is 0.0809 e. The van der Waals surface area contributed by atoms with E-state index in [1.54, 1.807) is 5.57 Å². The number of hydrogen-bond donors (Lipinski definition) is 2. The topological polar surface area (TPSA) is 43.7 Å². The van der Waals surface area contributed by atoms with Gasteiger partial charge < -0.3 is 15.1 Å². The molecular weight excluding hydrogens is 370 g/mol. The van der Waals surface area contributed by atoms with Crippen LogP contribution in [0.25, 0.3) is 0 Å². The van der Waals surface area contributed by atoms with Gasteiger partial charge in [-0.2, -0.15) is 0 Å². The third kappa shape index (κ3) is 4.36. The minimum absolute atomic E-state index is 0.438. The Hall–Kier alpha value is -0.900. The molecule has 30 heavy (non-hydrogen) atoms.